The molecule has 0 aromatic carbocycles. The van der Waals surface area contributed by atoms with Crippen LogP contribution in [-0.2, 0) is 12.8 Å². The van der Waals surface area contributed by atoms with Gasteiger partial charge in [0.2, 0.25) is 0 Å². The van der Waals surface area contributed by atoms with Crippen LogP contribution in [0.15, 0.2) is 0 Å². The van der Waals surface area contributed by atoms with Crippen LogP contribution in [0.1, 0.15) is 31.8 Å². The van der Waals surface area contributed by atoms with Gasteiger partial charge >= 0.3 is 0 Å². The van der Waals surface area contributed by atoms with Gasteiger partial charge in [0.1, 0.15) is 11.0 Å². The maximum atomic E-state index is 5.97. The predicted molar refractivity (Wildman–Crippen MR) is 63.1 cm³/mol. The smallest absolute Gasteiger partial charge is 0.146 e. The molecule has 0 fully saturated rings. The first-order valence-corrected chi connectivity index (χ1v) is 5.85. The fraction of sp³-hybridized carbons (Fsp3) is 0.556. The molecule has 4 heteroatoms. The third-order valence-corrected chi connectivity index (χ3v) is 3.46. The third-order valence-electron chi connectivity index (χ3n) is 1.73. The molecule has 0 aliphatic heterocycles. The van der Waals surface area contributed by atoms with Crippen molar-refractivity contribution >= 4 is 34.2 Å². The number of hydrogen-bond donors (Lipinski definition) is 0. The average Bonchev–Trinajstić information content (AvgIpc) is 2.11. The second-order valence-corrected chi connectivity index (χ2v) is 4.23. The highest BCUT2D eigenvalue weighted by molar-refractivity contribution is 14.1. The Hall–Kier alpha value is 0.1000. The van der Waals surface area contributed by atoms with Crippen LogP contribution in [0.25, 0.3) is 0 Å². The predicted octanol–water partition coefficient (Wildman–Crippen LogP) is 3.25. The molecule has 0 N–H and O–H groups in total. The molecule has 72 valence electrons. The van der Waals surface area contributed by atoms with E-state index in [0.717, 1.165) is 34.4 Å². The van der Waals surface area contributed by atoms with Gasteiger partial charge in [-0.3, -0.25) is 0 Å². The molecular weight excluding hydrogens is 298 g/mol. The highest BCUT2D eigenvalue weighted by Gasteiger charge is 2.08. The number of hydrogen-bond acceptors (Lipinski definition) is 2. The number of aromatic nitrogens is 2. The summed E-state index contributed by atoms with van der Waals surface area (Å²) in [4.78, 5) is 8.66. The molecule has 0 saturated carbocycles. The van der Waals surface area contributed by atoms with E-state index in [1.165, 1.54) is 0 Å². The topological polar surface area (TPSA) is 25.8 Å². The summed E-state index contributed by atoms with van der Waals surface area (Å²) in [7, 11) is 0. The number of aryl methyl sites for hydroxylation is 2. The lowest BCUT2D eigenvalue weighted by atomic mass is 10.3. The van der Waals surface area contributed by atoms with Gasteiger partial charge in [0.15, 0.2) is 0 Å². The summed E-state index contributed by atoms with van der Waals surface area (Å²) in [5, 5.41) is 0.593. The minimum absolute atomic E-state index is 0.593. The van der Waals surface area contributed by atoms with Gasteiger partial charge in [-0.15, -0.1) is 0 Å². The van der Waals surface area contributed by atoms with Crippen molar-refractivity contribution in [2.75, 3.05) is 0 Å². The summed E-state index contributed by atoms with van der Waals surface area (Å²) in [6.45, 7) is 4.19. The van der Waals surface area contributed by atoms with Crippen LogP contribution in [0.4, 0.5) is 0 Å². The summed E-state index contributed by atoms with van der Waals surface area (Å²) in [5.74, 6) is 0.866. The Kier molecular flexibility index (Phi) is 4.38. The molecule has 1 rings (SSSR count). The van der Waals surface area contributed by atoms with Crippen molar-refractivity contribution in [1.29, 1.82) is 0 Å². The second kappa shape index (κ2) is 5.10. The molecule has 0 radical (unpaired) electrons. The molecule has 1 aromatic rings. The normalized spacial score (nSPS) is 10.5. The first-order valence-electron chi connectivity index (χ1n) is 4.39. The third kappa shape index (κ3) is 2.77. The van der Waals surface area contributed by atoms with Crippen molar-refractivity contribution in [2.24, 2.45) is 0 Å². The maximum Gasteiger partial charge on any atom is 0.146 e. The van der Waals surface area contributed by atoms with Crippen molar-refractivity contribution in [2.45, 2.75) is 33.1 Å². The van der Waals surface area contributed by atoms with E-state index in [1.807, 2.05) is 0 Å². The maximum absolute atomic E-state index is 5.97. The standard InChI is InChI=1S/C9H12ClIN2/c1-3-5-7-12-6(4-2)8(11)9(10)13-7/h3-5H2,1-2H3. The number of halogens is 2. The lowest BCUT2D eigenvalue weighted by Crippen LogP contribution is -2.02. The van der Waals surface area contributed by atoms with Crippen LogP contribution in [0.5, 0.6) is 0 Å². The van der Waals surface area contributed by atoms with Crippen molar-refractivity contribution in [3.8, 4) is 0 Å². The SMILES string of the molecule is CCCc1nc(Cl)c(I)c(CC)n1. The van der Waals surface area contributed by atoms with Crippen molar-refractivity contribution in [3.63, 3.8) is 0 Å². The minimum Gasteiger partial charge on any atom is -0.237 e. The average molecular weight is 311 g/mol. The molecule has 0 aliphatic rings. The lowest BCUT2D eigenvalue weighted by molar-refractivity contribution is 0.809. The fourth-order valence-electron chi connectivity index (χ4n) is 1.08. The van der Waals surface area contributed by atoms with E-state index in [0.29, 0.717) is 5.15 Å². The summed E-state index contributed by atoms with van der Waals surface area (Å²) >= 11 is 8.17. The van der Waals surface area contributed by atoms with Gasteiger partial charge in [-0.25, -0.2) is 9.97 Å². The van der Waals surface area contributed by atoms with E-state index in [9.17, 15) is 0 Å². The van der Waals surface area contributed by atoms with E-state index in [-0.39, 0.29) is 0 Å². The Morgan fingerprint density at radius 2 is 2.00 bits per heavy atom. The van der Waals surface area contributed by atoms with Gasteiger partial charge in [-0.05, 0) is 35.4 Å². The zero-order valence-electron chi connectivity index (χ0n) is 7.77. The Labute approximate surface area is 97.3 Å². The van der Waals surface area contributed by atoms with Gasteiger partial charge in [-0.1, -0.05) is 25.4 Å². The monoisotopic (exact) mass is 310 g/mol. The van der Waals surface area contributed by atoms with Crippen LogP contribution in [0.2, 0.25) is 5.15 Å². The highest BCUT2D eigenvalue weighted by atomic mass is 127. The Morgan fingerprint density at radius 3 is 2.54 bits per heavy atom. The lowest BCUT2D eigenvalue weighted by Gasteiger charge is -2.05. The Morgan fingerprint density at radius 1 is 1.31 bits per heavy atom. The molecule has 0 atom stereocenters. The van der Waals surface area contributed by atoms with Crippen LogP contribution >= 0.6 is 34.2 Å². The molecule has 2 nitrogen and oxygen atoms in total. The van der Waals surface area contributed by atoms with E-state index in [2.05, 4.69) is 46.4 Å². The Bertz CT molecular complexity index is 302. The zero-order valence-corrected chi connectivity index (χ0v) is 10.7. The fourth-order valence-corrected chi connectivity index (χ4v) is 1.91. The molecule has 0 aliphatic carbocycles. The van der Waals surface area contributed by atoms with E-state index < -0.39 is 0 Å². The Balaban J connectivity index is 3.06. The van der Waals surface area contributed by atoms with Gasteiger partial charge in [0, 0.05) is 6.42 Å². The van der Waals surface area contributed by atoms with Gasteiger partial charge in [0.05, 0.1) is 9.26 Å². The molecule has 0 unspecified atom stereocenters. The first kappa shape index (κ1) is 11.2. The number of rotatable bonds is 3. The van der Waals surface area contributed by atoms with E-state index >= 15 is 0 Å². The van der Waals surface area contributed by atoms with Gasteiger partial charge in [0.25, 0.3) is 0 Å². The summed E-state index contributed by atoms with van der Waals surface area (Å²) in [6.07, 6.45) is 2.88. The molecule has 1 aromatic heterocycles. The summed E-state index contributed by atoms with van der Waals surface area (Å²) in [6, 6.07) is 0. The molecule has 0 bridgehead atoms. The summed E-state index contributed by atoms with van der Waals surface area (Å²) in [5.41, 5.74) is 1.06. The zero-order chi connectivity index (χ0) is 9.84. The largest absolute Gasteiger partial charge is 0.237 e. The first-order chi connectivity index (χ1) is 6.19. The molecule has 0 amide bonds. The van der Waals surface area contributed by atoms with Gasteiger partial charge < -0.3 is 0 Å². The molecular formula is C9H12ClIN2. The molecule has 1 heterocycles. The summed E-state index contributed by atoms with van der Waals surface area (Å²) < 4.78 is 0.988. The molecule has 13 heavy (non-hydrogen) atoms. The van der Waals surface area contributed by atoms with Crippen molar-refractivity contribution in [3.05, 3.63) is 20.2 Å². The molecule has 0 saturated heterocycles. The van der Waals surface area contributed by atoms with E-state index in [4.69, 9.17) is 11.6 Å². The second-order valence-electron chi connectivity index (χ2n) is 2.79. The quantitative estimate of drug-likeness (QED) is 0.632. The molecule has 0 spiro atoms. The van der Waals surface area contributed by atoms with Crippen molar-refractivity contribution < 1.29 is 0 Å². The van der Waals surface area contributed by atoms with Crippen LogP contribution in [0.3, 0.4) is 0 Å². The highest BCUT2D eigenvalue weighted by Crippen LogP contribution is 2.19. The van der Waals surface area contributed by atoms with Crippen LogP contribution in [-0.4, -0.2) is 9.97 Å². The van der Waals surface area contributed by atoms with Gasteiger partial charge in [-0.2, -0.15) is 0 Å². The van der Waals surface area contributed by atoms with Crippen LogP contribution < -0.4 is 0 Å². The van der Waals surface area contributed by atoms with Crippen molar-refractivity contribution in [1.82, 2.24) is 9.97 Å². The van der Waals surface area contributed by atoms with E-state index in [1.54, 1.807) is 0 Å². The van der Waals surface area contributed by atoms with Crippen LogP contribution in [0, 0.1) is 3.57 Å². The number of nitrogens with zero attached hydrogens (tertiary/aromatic N) is 2. The minimum atomic E-state index is 0.593.